The quantitative estimate of drug-likeness (QED) is 0.429. The molecule has 1 N–H and O–H groups in total. The summed E-state index contributed by atoms with van der Waals surface area (Å²) in [5.74, 6) is 0.941. The van der Waals surface area contributed by atoms with E-state index in [2.05, 4.69) is 5.32 Å². The van der Waals surface area contributed by atoms with E-state index < -0.39 is 0 Å². The second-order valence-electron chi connectivity index (χ2n) is 4.98. The van der Waals surface area contributed by atoms with Crippen LogP contribution in [0.15, 0.2) is 53.4 Å². The highest BCUT2D eigenvalue weighted by atomic mass is 32.2. The molecule has 1 amide bonds. The standard InChI is InChI=1S/C18H18FNO3S/c19-15-4-8-17(9-5-15)24-11-1-10-20-18(22)13-23-16-6-2-14(12-21)3-7-16/h2-9,12H,1,10-11,13H2,(H,20,22). The van der Waals surface area contributed by atoms with Gasteiger partial charge >= 0.3 is 0 Å². The summed E-state index contributed by atoms with van der Waals surface area (Å²) in [6.45, 7) is 0.492. The van der Waals surface area contributed by atoms with Crippen molar-refractivity contribution in [2.75, 3.05) is 18.9 Å². The van der Waals surface area contributed by atoms with Crippen LogP contribution in [0.5, 0.6) is 5.75 Å². The van der Waals surface area contributed by atoms with Crippen molar-refractivity contribution in [2.45, 2.75) is 11.3 Å². The van der Waals surface area contributed by atoms with Crippen LogP contribution in [0, 0.1) is 5.82 Å². The predicted octanol–water partition coefficient (Wildman–Crippen LogP) is 3.32. The van der Waals surface area contributed by atoms with Gasteiger partial charge in [0.25, 0.3) is 5.91 Å². The molecule has 0 heterocycles. The van der Waals surface area contributed by atoms with Crippen LogP contribution < -0.4 is 10.1 Å². The first-order valence-corrected chi connectivity index (χ1v) is 8.49. The van der Waals surface area contributed by atoms with E-state index in [1.54, 1.807) is 48.2 Å². The predicted molar refractivity (Wildman–Crippen MR) is 92.1 cm³/mol. The van der Waals surface area contributed by atoms with Gasteiger partial charge in [-0.3, -0.25) is 9.59 Å². The third-order valence-corrected chi connectivity index (χ3v) is 4.21. The summed E-state index contributed by atoms with van der Waals surface area (Å²) in [5, 5.41) is 2.78. The maximum absolute atomic E-state index is 12.8. The number of nitrogens with one attached hydrogen (secondary N) is 1. The van der Waals surface area contributed by atoms with Crippen LogP contribution in [0.2, 0.25) is 0 Å². The molecule has 0 fully saturated rings. The summed E-state index contributed by atoms with van der Waals surface area (Å²) in [4.78, 5) is 23.2. The molecule has 0 aliphatic carbocycles. The van der Waals surface area contributed by atoms with Crippen LogP contribution in [0.4, 0.5) is 4.39 Å². The molecule has 0 atom stereocenters. The van der Waals surface area contributed by atoms with Crippen LogP contribution in [0.25, 0.3) is 0 Å². The molecule has 2 aromatic rings. The molecule has 0 aliphatic heterocycles. The van der Waals surface area contributed by atoms with Crippen molar-refractivity contribution >= 4 is 24.0 Å². The Kier molecular flexibility index (Phi) is 7.29. The summed E-state index contributed by atoms with van der Waals surface area (Å²) in [6.07, 6.45) is 1.56. The minimum atomic E-state index is -0.243. The van der Waals surface area contributed by atoms with Crippen molar-refractivity contribution < 1.29 is 18.7 Å². The van der Waals surface area contributed by atoms with Crippen LogP contribution in [0.1, 0.15) is 16.8 Å². The van der Waals surface area contributed by atoms with E-state index in [1.165, 1.54) is 12.1 Å². The molecule has 126 valence electrons. The number of hydrogen-bond acceptors (Lipinski definition) is 4. The maximum Gasteiger partial charge on any atom is 0.257 e. The molecule has 0 unspecified atom stereocenters. The summed E-state index contributed by atoms with van der Waals surface area (Å²) in [7, 11) is 0. The Bertz CT molecular complexity index is 659. The van der Waals surface area contributed by atoms with Crippen LogP contribution >= 0.6 is 11.8 Å². The van der Waals surface area contributed by atoms with Gasteiger partial charge < -0.3 is 10.1 Å². The SMILES string of the molecule is O=Cc1ccc(OCC(=O)NCCCSc2ccc(F)cc2)cc1. The van der Waals surface area contributed by atoms with Gasteiger partial charge in [-0.15, -0.1) is 11.8 Å². The lowest BCUT2D eigenvalue weighted by Crippen LogP contribution is -2.29. The van der Waals surface area contributed by atoms with Gasteiger partial charge in [-0.05, 0) is 60.7 Å². The molecule has 0 saturated heterocycles. The highest BCUT2D eigenvalue weighted by Gasteiger charge is 2.02. The monoisotopic (exact) mass is 347 g/mol. The van der Waals surface area contributed by atoms with Crippen molar-refractivity contribution in [3.8, 4) is 5.75 Å². The Labute approximate surface area is 144 Å². The summed E-state index contributed by atoms with van der Waals surface area (Å²) in [5.41, 5.74) is 0.561. The van der Waals surface area contributed by atoms with Crippen LogP contribution in [0.3, 0.4) is 0 Å². The highest BCUT2D eigenvalue weighted by molar-refractivity contribution is 7.99. The lowest BCUT2D eigenvalue weighted by atomic mass is 10.2. The van der Waals surface area contributed by atoms with Gasteiger partial charge in [-0.2, -0.15) is 0 Å². The first kappa shape index (κ1) is 18.0. The largest absolute Gasteiger partial charge is 0.484 e. The van der Waals surface area contributed by atoms with Gasteiger partial charge in [0.15, 0.2) is 6.61 Å². The number of carbonyl (C=O) groups excluding carboxylic acids is 2. The first-order chi connectivity index (χ1) is 11.7. The molecule has 0 spiro atoms. The highest BCUT2D eigenvalue weighted by Crippen LogP contribution is 2.18. The maximum atomic E-state index is 12.8. The van der Waals surface area contributed by atoms with Gasteiger partial charge in [-0.1, -0.05) is 0 Å². The fourth-order valence-corrected chi connectivity index (χ4v) is 2.72. The zero-order chi connectivity index (χ0) is 17.2. The van der Waals surface area contributed by atoms with E-state index in [-0.39, 0.29) is 18.3 Å². The lowest BCUT2D eigenvalue weighted by molar-refractivity contribution is -0.123. The number of halogens is 1. The fraction of sp³-hybridized carbons (Fsp3) is 0.222. The number of thioether (sulfide) groups is 1. The molecule has 0 saturated carbocycles. The first-order valence-electron chi connectivity index (χ1n) is 7.50. The second kappa shape index (κ2) is 9.72. The Morgan fingerprint density at radius 1 is 1.12 bits per heavy atom. The number of amides is 1. The number of rotatable bonds is 9. The molecule has 0 aromatic heterocycles. The minimum absolute atomic E-state index is 0.0639. The smallest absolute Gasteiger partial charge is 0.257 e. The number of carbonyl (C=O) groups is 2. The average molecular weight is 347 g/mol. The lowest BCUT2D eigenvalue weighted by Gasteiger charge is -2.07. The van der Waals surface area contributed by atoms with Gasteiger partial charge in [0.1, 0.15) is 17.9 Å². The normalized spacial score (nSPS) is 10.2. The fourth-order valence-electron chi connectivity index (χ4n) is 1.86. The zero-order valence-electron chi connectivity index (χ0n) is 13.0. The third-order valence-electron chi connectivity index (χ3n) is 3.11. The van der Waals surface area contributed by atoms with E-state index in [9.17, 15) is 14.0 Å². The Morgan fingerprint density at radius 3 is 2.50 bits per heavy atom. The van der Waals surface area contributed by atoms with E-state index in [4.69, 9.17) is 4.74 Å². The van der Waals surface area contributed by atoms with Gasteiger partial charge in [0, 0.05) is 17.0 Å². The summed E-state index contributed by atoms with van der Waals surface area (Å²) < 4.78 is 18.1. The van der Waals surface area contributed by atoms with Crippen LogP contribution in [-0.2, 0) is 4.79 Å². The number of ether oxygens (including phenoxy) is 1. The van der Waals surface area contributed by atoms with Crippen molar-refractivity contribution in [3.63, 3.8) is 0 Å². The minimum Gasteiger partial charge on any atom is -0.484 e. The topological polar surface area (TPSA) is 55.4 Å². The molecule has 2 aromatic carbocycles. The molecule has 0 bridgehead atoms. The van der Waals surface area contributed by atoms with E-state index >= 15 is 0 Å². The zero-order valence-corrected chi connectivity index (χ0v) is 13.9. The Balaban J connectivity index is 1.57. The van der Waals surface area contributed by atoms with Gasteiger partial charge in [0.05, 0.1) is 0 Å². The van der Waals surface area contributed by atoms with E-state index in [0.29, 0.717) is 17.9 Å². The second-order valence-corrected chi connectivity index (χ2v) is 6.15. The van der Waals surface area contributed by atoms with E-state index in [0.717, 1.165) is 23.4 Å². The number of aldehydes is 1. The van der Waals surface area contributed by atoms with Crippen molar-refractivity contribution in [3.05, 3.63) is 59.9 Å². The average Bonchev–Trinajstić information content (AvgIpc) is 2.61. The Morgan fingerprint density at radius 2 is 1.83 bits per heavy atom. The number of benzene rings is 2. The molecule has 6 heteroatoms. The molecule has 0 aliphatic rings. The Hall–Kier alpha value is -2.34. The number of hydrogen-bond donors (Lipinski definition) is 1. The third kappa shape index (κ3) is 6.42. The molecule has 24 heavy (non-hydrogen) atoms. The van der Waals surface area contributed by atoms with Gasteiger partial charge in [-0.25, -0.2) is 4.39 Å². The molecular formula is C18H18FNO3S. The molecule has 4 nitrogen and oxygen atoms in total. The van der Waals surface area contributed by atoms with Crippen LogP contribution in [-0.4, -0.2) is 31.1 Å². The summed E-state index contributed by atoms with van der Waals surface area (Å²) >= 11 is 1.62. The summed E-state index contributed by atoms with van der Waals surface area (Å²) in [6, 6.07) is 12.9. The molecule has 0 radical (unpaired) electrons. The van der Waals surface area contributed by atoms with Crippen molar-refractivity contribution in [1.29, 1.82) is 0 Å². The van der Waals surface area contributed by atoms with E-state index in [1.807, 2.05) is 0 Å². The molecule has 2 rings (SSSR count). The molecular weight excluding hydrogens is 329 g/mol. The van der Waals surface area contributed by atoms with Crippen molar-refractivity contribution in [2.24, 2.45) is 0 Å². The van der Waals surface area contributed by atoms with Gasteiger partial charge in [0.2, 0.25) is 0 Å². The van der Waals surface area contributed by atoms with Crippen molar-refractivity contribution in [1.82, 2.24) is 5.32 Å².